The van der Waals surface area contributed by atoms with Gasteiger partial charge in [0.05, 0.1) is 5.02 Å². The first kappa shape index (κ1) is 12.8. The van der Waals surface area contributed by atoms with E-state index in [-0.39, 0.29) is 0 Å². The average molecular weight is 293 g/mol. The van der Waals surface area contributed by atoms with Crippen LogP contribution >= 0.6 is 27.5 Å². The Labute approximate surface area is 104 Å². The van der Waals surface area contributed by atoms with Crippen LogP contribution in [0, 0.1) is 0 Å². The van der Waals surface area contributed by atoms with Gasteiger partial charge in [0.2, 0.25) is 0 Å². The molecule has 1 aromatic carbocycles. The maximum atomic E-state index is 5.99. The molecule has 0 aliphatic rings. The molecular formula is C11H15BrClNO. The molecule has 0 fully saturated rings. The molecule has 0 saturated carbocycles. The molecule has 0 aliphatic carbocycles. The van der Waals surface area contributed by atoms with Crippen molar-refractivity contribution >= 4 is 33.2 Å². The third-order valence-corrected chi connectivity index (χ3v) is 3.32. The number of anilines is 1. The lowest BCUT2D eigenvalue weighted by atomic mass is 10.2. The number of rotatable bonds is 5. The highest BCUT2D eigenvalue weighted by molar-refractivity contribution is 9.10. The Morgan fingerprint density at radius 2 is 2.27 bits per heavy atom. The summed E-state index contributed by atoms with van der Waals surface area (Å²) in [5.41, 5.74) is 1.03. The van der Waals surface area contributed by atoms with Crippen LogP contribution in [0.4, 0.5) is 5.69 Å². The highest BCUT2D eigenvalue weighted by Gasteiger charge is 2.03. The van der Waals surface area contributed by atoms with Gasteiger partial charge in [-0.05, 0) is 47.5 Å². The van der Waals surface area contributed by atoms with Crippen LogP contribution in [0.15, 0.2) is 22.7 Å². The van der Waals surface area contributed by atoms with E-state index in [0.29, 0.717) is 6.04 Å². The fourth-order valence-corrected chi connectivity index (χ4v) is 1.66. The van der Waals surface area contributed by atoms with Gasteiger partial charge in [-0.2, -0.15) is 0 Å². The van der Waals surface area contributed by atoms with Crippen LogP contribution in [0.1, 0.15) is 13.3 Å². The number of ether oxygens (including phenoxy) is 1. The van der Waals surface area contributed by atoms with Crippen LogP contribution in [-0.4, -0.2) is 19.8 Å². The lowest BCUT2D eigenvalue weighted by Gasteiger charge is -2.15. The van der Waals surface area contributed by atoms with Gasteiger partial charge in [-0.15, -0.1) is 0 Å². The van der Waals surface area contributed by atoms with Crippen molar-refractivity contribution in [1.29, 1.82) is 0 Å². The SMILES string of the molecule is COCCC(C)Nc1ccc(Br)c(Cl)c1. The normalized spacial score (nSPS) is 12.5. The number of hydrogen-bond acceptors (Lipinski definition) is 2. The molecular weight excluding hydrogens is 277 g/mol. The van der Waals surface area contributed by atoms with Gasteiger partial charge in [0.15, 0.2) is 0 Å². The molecule has 0 heterocycles. The van der Waals surface area contributed by atoms with Crippen molar-refractivity contribution in [3.8, 4) is 0 Å². The summed E-state index contributed by atoms with van der Waals surface area (Å²) < 4.78 is 5.94. The molecule has 1 atom stereocenters. The van der Waals surface area contributed by atoms with Crippen LogP contribution < -0.4 is 5.32 Å². The molecule has 1 rings (SSSR count). The van der Waals surface area contributed by atoms with E-state index >= 15 is 0 Å². The van der Waals surface area contributed by atoms with Gasteiger partial charge in [-0.25, -0.2) is 0 Å². The summed E-state index contributed by atoms with van der Waals surface area (Å²) in [4.78, 5) is 0. The van der Waals surface area contributed by atoms with Crippen molar-refractivity contribution in [1.82, 2.24) is 0 Å². The maximum absolute atomic E-state index is 5.99. The molecule has 15 heavy (non-hydrogen) atoms. The minimum atomic E-state index is 0.377. The molecule has 0 aromatic heterocycles. The second-order valence-electron chi connectivity index (χ2n) is 3.46. The van der Waals surface area contributed by atoms with E-state index in [1.165, 1.54) is 0 Å². The molecule has 0 bridgehead atoms. The Hall–Kier alpha value is -0.250. The smallest absolute Gasteiger partial charge is 0.0568 e. The molecule has 0 aliphatic heterocycles. The third-order valence-electron chi connectivity index (χ3n) is 2.09. The van der Waals surface area contributed by atoms with Crippen LogP contribution in [0.2, 0.25) is 5.02 Å². The minimum absolute atomic E-state index is 0.377. The maximum Gasteiger partial charge on any atom is 0.0568 e. The number of methoxy groups -OCH3 is 1. The minimum Gasteiger partial charge on any atom is -0.385 e. The summed E-state index contributed by atoms with van der Waals surface area (Å²) in [5, 5.41) is 4.08. The summed E-state index contributed by atoms with van der Waals surface area (Å²) in [6, 6.07) is 6.23. The monoisotopic (exact) mass is 291 g/mol. The Kier molecular flexibility index (Phi) is 5.43. The first-order valence-corrected chi connectivity index (χ1v) is 6.01. The van der Waals surface area contributed by atoms with Crippen molar-refractivity contribution < 1.29 is 4.74 Å². The molecule has 0 radical (unpaired) electrons. The van der Waals surface area contributed by atoms with Crippen molar-refractivity contribution in [3.63, 3.8) is 0 Å². The number of hydrogen-bond donors (Lipinski definition) is 1. The van der Waals surface area contributed by atoms with Gasteiger partial charge >= 0.3 is 0 Å². The predicted octanol–water partition coefficient (Wildman–Crippen LogP) is 3.94. The largest absolute Gasteiger partial charge is 0.385 e. The lowest BCUT2D eigenvalue weighted by Crippen LogP contribution is -2.17. The topological polar surface area (TPSA) is 21.3 Å². The molecule has 84 valence electrons. The summed E-state index contributed by atoms with van der Waals surface area (Å²) in [6.07, 6.45) is 0.976. The Balaban J connectivity index is 2.53. The van der Waals surface area contributed by atoms with E-state index in [0.717, 1.165) is 28.2 Å². The Bertz CT molecular complexity index is 319. The van der Waals surface area contributed by atoms with Crippen LogP contribution in [0.5, 0.6) is 0 Å². The highest BCUT2D eigenvalue weighted by atomic mass is 79.9. The van der Waals surface area contributed by atoms with Gasteiger partial charge in [0, 0.05) is 29.9 Å². The second kappa shape index (κ2) is 6.36. The Morgan fingerprint density at radius 3 is 2.87 bits per heavy atom. The molecule has 0 saturated heterocycles. The lowest BCUT2D eigenvalue weighted by molar-refractivity contribution is 0.191. The van der Waals surface area contributed by atoms with Gasteiger partial charge in [0.25, 0.3) is 0 Å². The van der Waals surface area contributed by atoms with Gasteiger partial charge in [-0.3, -0.25) is 0 Å². The van der Waals surface area contributed by atoms with Crippen LogP contribution in [0.25, 0.3) is 0 Å². The fraction of sp³-hybridized carbons (Fsp3) is 0.455. The van der Waals surface area contributed by atoms with E-state index < -0.39 is 0 Å². The van der Waals surface area contributed by atoms with E-state index in [1.54, 1.807) is 7.11 Å². The van der Waals surface area contributed by atoms with E-state index in [2.05, 4.69) is 28.2 Å². The summed E-state index contributed by atoms with van der Waals surface area (Å²) >= 11 is 9.35. The first-order chi connectivity index (χ1) is 7.13. The number of benzene rings is 1. The third kappa shape index (κ3) is 4.41. The molecule has 0 amide bonds. The zero-order valence-corrected chi connectivity index (χ0v) is 11.2. The van der Waals surface area contributed by atoms with E-state index in [4.69, 9.17) is 16.3 Å². The molecule has 4 heteroatoms. The fourth-order valence-electron chi connectivity index (χ4n) is 1.24. The molecule has 1 N–H and O–H groups in total. The quantitative estimate of drug-likeness (QED) is 0.887. The zero-order valence-electron chi connectivity index (χ0n) is 8.89. The molecule has 1 unspecified atom stereocenters. The van der Waals surface area contributed by atoms with E-state index in [9.17, 15) is 0 Å². The molecule has 1 aromatic rings. The molecule has 0 spiro atoms. The first-order valence-electron chi connectivity index (χ1n) is 4.84. The number of halogens is 2. The zero-order chi connectivity index (χ0) is 11.3. The van der Waals surface area contributed by atoms with Crippen molar-refractivity contribution in [2.45, 2.75) is 19.4 Å². The van der Waals surface area contributed by atoms with Gasteiger partial charge < -0.3 is 10.1 Å². The molecule has 2 nitrogen and oxygen atoms in total. The second-order valence-corrected chi connectivity index (χ2v) is 4.72. The van der Waals surface area contributed by atoms with Crippen LogP contribution in [-0.2, 0) is 4.74 Å². The Morgan fingerprint density at radius 1 is 1.53 bits per heavy atom. The van der Waals surface area contributed by atoms with Gasteiger partial charge in [0.1, 0.15) is 0 Å². The number of nitrogens with one attached hydrogen (secondary N) is 1. The average Bonchev–Trinajstić information content (AvgIpc) is 2.20. The summed E-state index contributed by atoms with van der Waals surface area (Å²) in [7, 11) is 1.71. The van der Waals surface area contributed by atoms with Crippen LogP contribution in [0.3, 0.4) is 0 Å². The van der Waals surface area contributed by atoms with Crippen molar-refractivity contribution in [3.05, 3.63) is 27.7 Å². The van der Waals surface area contributed by atoms with Crippen molar-refractivity contribution in [2.75, 3.05) is 19.0 Å². The predicted molar refractivity (Wildman–Crippen MR) is 68.7 cm³/mol. The summed E-state index contributed by atoms with van der Waals surface area (Å²) in [6.45, 7) is 2.88. The van der Waals surface area contributed by atoms with Crippen molar-refractivity contribution in [2.24, 2.45) is 0 Å². The highest BCUT2D eigenvalue weighted by Crippen LogP contribution is 2.25. The summed E-state index contributed by atoms with van der Waals surface area (Å²) in [5.74, 6) is 0. The van der Waals surface area contributed by atoms with Gasteiger partial charge in [-0.1, -0.05) is 11.6 Å². The van der Waals surface area contributed by atoms with E-state index in [1.807, 2.05) is 18.2 Å². The standard InChI is InChI=1S/C11H15BrClNO/c1-8(5-6-15-2)14-9-3-4-10(12)11(13)7-9/h3-4,7-8,14H,5-6H2,1-2H3.